The standard InChI is InChI=1S/C13H21ClN3O9PS2.2Na.2H/c1-15(10-11-4-6-12(7-5-11)26-27(19,20)21)13(18)17(29(3,24)25)16(9-8-14)28(2,22)23;;;;/h4-7H,8-10H2,1-3H3,(H2,19,20,21);;;;. The van der Waals surface area contributed by atoms with Crippen LogP contribution in [0.25, 0.3) is 0 Å². The number of carbonyl (C=O) groups excluding carboxylic acids is 1. The first-order valence-electron chi connectivity index (χ1n) is 7.69. The molecule has 0 bridgehead atoms. The summed E-state index contributed by atoms with van der Waals surface area (Å²) >= 11 is 5.55. The number of phosphoric acid groups is 1. The average molecular weight is 542 g/mol. The number of phosphoric ester groups is 1. The number of rotatable bonds is 9. The zero-order valence-electron chi connectivity index (χ0n) is 15.7. The second-order valence-electron chi connectivity index (χ2n) is 5.87. The molecule has 0 saturated heterocycles. The summed E-state index contributed by atoms with van der Waals surface area (Å²) in [6.45, 7) is -0.582. The van der Waals surface area contributed by atoms with Gasteiger partial charge in [-0.15, -0.1) is 16.0 Å². The van der Waals surface area contributed by atoms with E-state index < -0.39 is 40.4 Å². The summed E-state index contributed by atoms with van der Waals surface area (Å²) in [5, 5.41) is 0. The number of hydrazine groups is 1. The minimum absolute atomic E-state index is 0. The quantitative estimate of drug-likeness (QED) is 0.174. The van der Waals surface area contributed by atoms with Crippen molar-refractivity contribution < 1.29 is 40.5 Å². The van der Waals surface area contributed by atoms with Gasteiger partial charge in [-0.3, -0.25) is 9.79 Å². The van der Waals surface area contributed by atoms with E-state index in [4.69, 9.17) is 21.4 Å². The van der Waals surface area contributed by atoms with Crippen molar-refractivity contribution in [1.29, 1.82) is 0 Å². The van der Waals surface area contributed by atoms with Crippen molar-refractivity contribution in [3.8, 4) is 5.75 Å². The third-order valence-corrected chi connectivity index (χ3v) is 6.05. The number of urea groups is 1. The Morgan fingerprint density at radius 1 is 1.06 bits per heavy atom. The predicted molar refractivity (Wildman–Crippen MR) is 119 cm³/mol. The Morgan fingerprint density at radius 3 is 1.90 bits per heavy atom. The van der Waals surface area contributed by atoms with Gasteiger partial charge in [-0.05, 0) is 17.7 Å². The number of sulfonamides is 2. The van der Waals surface area contributed by atoms with E-state index in [1.54, 1.807) is 0 Å². The Labute approximate surface area is 230 Å². The van der Waals surface area contributed by atoms with Gasteiger partial charge in [0.05, 0.1) is 12.5 Å². The van der Waals surface area contributed by atoms with E-state index in [-0.39, 0.29) is 81.7 Å². The normalized spacial score (nSPS) is 11.8. The minimum atomic E-state index is -4.72. The third kappa shape index (κ3) is 11.5. The molecule has 0 aliphatic heterocycles. The number of amides is 2. The van der Waals surface area contributed by atoms with Gasteiger partial charge in [0.2, 0.25) is 10.0 Å². The van der Waals surface area contributed by atoms with E-state index in [1.807, 2.05) is 0 Å². The monoisotopic (exact) mass is 541 g/mol. The molecule has 0 radical (unpaired) electrons. The van der Waals surface area contributed by atoms with Crippen LogP contribution in [-0.2, 0) is 31.2 Å². The zero-order valence-corrected chi connectivity index (χ0v) is 18.9. The molecule has 18 heteroatoms. The van der Waals surface area contributed by atoms with Gasteiger partial charge in [-0.1, -0.05) is 16.5 Å². The summed E-state index contributed by atoms with van der Waals surface area (Å²) in [6, 6.07) is 4.15. The van der Waals surface area contributed by atoms with Crippen molar-refractivity contribution in [2.45, 2.75) is 6.54 Å². The molecule has 1 rings (SSSR count). The van der Waals surface area contributed by atoms with Crippen LogP contribution in [-0.4, -0.2) is 137 Å². The predicted octanol–water partition coefficient (Wildman–Crippen LogP) is -0.910. The number of benzene rings is 1. The Hall–Kier alpha value is 0.590. The van der Waals surface area contributed by atoms with Crippen molar-refractivity contribution in [3.63, 3.8) is 0 Å². The van der Waals surface area contributed by atoms with E-state index in [0.717, 1.165) is 11.2 Å². The number of hydrogen-bond donors (Lipinski definition) is 2. The molecule has 0 fully saturated rings. The first-order valence-corrected chi connectivity index (χ1v) is 13.5. The molecule has 31 heavy (non-hydrogen) atoms. The molecule has 0 unspecified atom stereocenters. The summed E-state index contributed by atoms with van der Waals surface area (Å²) < 4.78 is 63.8. The first-order chi connectivity index (χ1) is 13.1. The van der Waals surface area contributed by atoms with Crippen LogP contribution >= 0.6 is 19.4 Å². The number of halogens is 1. The van der Waals surface area contributed by atoms with Crippen LogP contribution in [0.2, 0.25) is 0 Å². The maximum absolute atomic E-state index is 12.7. The molecular weight excluding hydrogens is 519 g/mol. The van der Waals surface area contributed by atoms with Crippen molar-refractivity contribution in [3.05, 3.63) is 29.8 Å². The molecule has 1 aromatic carbocycles. The van der Waals surface area contributed by atoms with Crippen molar-refractivity contribution in [1.82, 2.24) is 13.7 Å². The molecule has 12 nitrogen and oxygen atoms in total. The van der Waals surface area contributed by atoms with Gasteiger partial charge in [0.15, 0.2) is 0 Å². The van der Waals surface area contributed by atoms with Gasteiger partial charge in [0, 0.05) is 26.0 Å². The van der Waals surface area contributed by atoms with Crippen LogP contribution < -0.4 is 4.52 Å². The molecule has 2 N–H and O–H groups in total. The molecule has 0 aromatic heterocycles. The van der Waals surface area contributed by atoms with Crippen molar-refractivity contribution in [2.24, 2.45) is 0 Å². The van der Waals surface area contributed by atoms with E-state index in [2.05, 4.69) is 4.52 Å². The topological polar surface area (TPSA) is 162 Å². The van der Waals surface area contributed by atoms with Crippen LogP contribution in [0.15, 0.2) is 24.3 Å². The van der Waals surface area contributed by atoms with E-state index in [1.165, 1.54) is 31.3 Å². The van der Waals surface area contributed by atoms with Gasteiger partial charge in [-0.2, -0.15) is 0 Å². The van der Waals surface area contributed by atoms with Crippen LogP contribution in [0.3, 0.4) is 0 Å². The molecule has 0 spiro atoms. The second kappa shape index (κ2) is 13.5. The van der Waals surface area contributed by atoms with E-state index in [9.17, 15) is 26.2 Å². The average Bonchev–Trinajstić information content (AvgIpc) is 2.52. The second-order valence-corrected chi connectivity index (χ2v) is 11.1. The molecule has 0 saturated carbocycles. The SMILES string of the molecule is CN(Cc1ccc(OP(=O)(O)O)cc1)C(=O)N(N(CCCl)S(C)(=O)=O)S(C)(=O)=O.[NaH].[NaH]. The third-order valence-electron chi connectivity index (χ3n) is 3.23. The van der Waals surface area contributed by atoms with Gasteiger partial charge >= 0.3 is 73.0 Å². The molecule has 0 aliphatic rings. The summed E-state index contributed by atoms with van der Waals surface area (Å²) in [6.07, 6.45) is 1.42. The first kappa shape index (κ1) is 33.8. The zero-order chi connectivity index (χ0) is 22.6. The summed E-state index contributed by atoms with van der Waals surface area (Å²) in [5.74, 6) is -0.365. The molecule has 0 aliphatic carbocycles. The summed E-state index contributed by atoms with van der Waals surface area (Å²) in [4.78, 5) is 31.2. The fourth-order valence-corrected chi connectivity index (χ4v) is 5.13. The van der Waals surface area contributed by atoms with Gasteiger partial charge in [-0.25, -0.2) is 26.2 Å². The fourth-order valence-electron chi connectivity index (χ4n) is 2.15. The molecule has 170 valence electrons. The number of hydrogen-bond acceptors (Lipinski definition) is 7. The maximum atomic E-state index is 12.7. The van der Waals surface area contributed by atoms with Crippen LogP contribution in [0.1, 0.15) is 5.56 Å². The Balaban J connectivity index is 0. The molecule has 0 atom stereocenters. The van der Waals surface area contributed by atoms with Crippen LogP contribution in [0.5, 0.6) is 5.75 Å². The van der Waals surface area contributed by atoms with Gasteiger partial charge in [0.25, 0.3) is 10.0 Å². The summed E-state index contributed by atoms with van der Waals surface area (Å²) in [7, 11) is -11.9. The van der Waals surface area contributed by atoms with Crippen molar-refractivity contribution >= 4 is 105 Å². The molecular formula is C13H23ClN3Na2O9PS2. The number of alkyl halides is 1. The Morgan fingerprint density at radius 2 is 1.55 bits per heavy atom. The molecule has 2 amide bonds. The number of carbonyl (C=O) groups is 1. The van der Waals surface area contributed by atoms with Gasteiger partial charge < -0.3 is 9.42 Å². The fraction of sp³-hybridized carbons (Fsp3) is 0.462. The Kier molecular flexibility index (Phi) is 14.7. The van der Waals surface area contributed by atoms with E-state index >= 15 is 0 Å². The van der Waals surface area contributed by atoms with Gasteiger partial charge in [0.1, 0.15) is 5.75 Å². The van der Waals surface area contributed by atoms with Crippen LogP contribution in [0.4, 0.5) is 4.79 Å². The summed E-state index contributed by atoms with van der Waals surface area (Å²) in [5.41, 5.74) is 0.454. The molecule has 1 aromatic rings. The Bertz CT molecular complexity index is 990. The number of nitrogens with zero attached hydrogens (tertiary/aromatic N) is 3. The molecule has 0 heterocycles. The van der Waals surface area contributed by atoms with Crippen LogP contribution in [0, 0.1) is 0 Å². The van der Waals surface area contributed by atoms with E-state index in [0.29, 0.717) is 16.2 Å². The van der Waals surface area contributed by atoms with Crippen molar-refractivity contribution in [2.75, 3.05) is 32.0 Å².